The van der Waals surface area contributed by atoms with Gasteiger partial charge in [0.05, 0.1) is 10.8 Å². The Labute approximate surface area is 170 Å². The van der Waals surface area contributed by atoms with Crippen LogP contribution in [0.1, 0.15) is 71.1 Å². The van der Waals surface area contributed by atoms with Crippen LogP contribution in [0.25, 0.3) is 0 Å². The number of anilines is 1. The highest BCUT2D eigenvalue weighted by Crippen LogP contribution is 2.33. The highest BCUT2D eigenvalue weighted by molar-refractivity contribution is 7.92. The van der Waals surface area contributed by atoms with Crippen LogP contribution in [0.5, 0.6) is 5.75 Å². The molecule has 156 valence electrons. The Morgan fingerprint density at radius 2 is 1.56 bits per heavy atom. The summed E-state index contributed by atoms with van der Waals surface area (Å²) in [6, 6.07) is 5.07. The van der Waals surface area contributed by atoms with Crippen LogP contribution in [0.4, 0.5) is 5.69 Å². The molecule has 0 bridgehead atoms. The van der Waals surface area contributed by atoms with Crippen molar-refractivity contribution in [2.24, 2.45) is 0 Å². The van der Waals surface area contributed by atoms with Crippen LogP contribution in [0.2, 0.25) is 5.02 Å². The van der Waals surface area contributed by atoms with E-state index in [9.17, 15) is 8.42 Å². The number of ether oxygens (including phenoxy) is 1. The summed E-state index contributed by atoms with van der Waals surface area (Å²) in [5.74, 6) is 0.517. The van der Waals surface area contributed by atoms with Gasteiger partial charge in [-0.2, -0.15) is 0 Å². The lowest BCUT2D eigenvalue weighted by atomic mass is 10.1. The molecular formula is C20H35ClN2O3S. The summed E-state index contributed by atoms with van der Waals surface area (Å²) in [4.78, 5) is 0. The lowest BCUT2D eigenvalue weighted by Gasteiger charge is -2.14. The standard InChI is InChI=1S/C20H35ClN2O3S/c1-3-4-5-6-7-8-9-10-11-12-16-27(24,25)23-20-18(21)14-13-15-19(20)26-17-22-2/h13-15,22-23H,3-12,16-17H2,1-2H3. The van der Waals surface area contributed by atoms with E-state index in [1.54, 1.807) is 25.2 Å². The van der Waals surface area contributed by atoms with Crippen molar-refractivity contribution in [1.82, 2.24) is 5.32 Å². The molecule has 0 amide bonds. The fourth-order valence-corrected chi connectivity index (χ4v) is 4.34. The van der Waals surface area contributed by atoms with Gasteiger partial charge in [-0.05, 0) is 25.6 Å². The SMILES string of the molecule is CCCCCCCCCCCCS(=O)(=O)Nc1c(Cl)cccc1OCNC. The highest BCUT2D eigenvalue weighted by atomic mass is 35.5. The van der Waals surface area contributed by atoms with Crippen molar-refractivity contribution in [2.45, 2.75) is 71.1 Å². The van der Waals surface area contributed by atoms with Crippen LogP contribution in [0.3, 0.4) is 0 Å². The maximum atomic E-state index is 12.4. The Kier molecular flexibility index (Phi) is 12.5. The van der Waals surface area contributed by atoms with Crippen LogP contribution in [-0.4, -0.2) is 27.9 Å². The van der Waals surface area contributed by atoms with Crippen LogP contribution in [0.15, 0.2) is 18.2 Å². The summed E-state index contributed by atoms with van der Waals surface area (Å²) in [6.07, 6.45) is 11.7. The number of sulfonamides is 1. The molecule has 1 aromatic carbocycles. The van der Waals surface area contributed by atoms with Gasteiger partial charge in [-0.3, -0.25) is 10.0 Å². The van der Waals surface area contributed by atoms with Crippen LogP contribution >= 0.6 is 11.6 Å². The third kappa shape index (κ3) is 10.8. The number of benzene rings is 1. The van der Waals surface area contributed by atoms with Crippen molar-refractivity contribution in [3.63, 3.8) is 0 Å². The van der Waals surface area contributed by atoms with E-state index in [0.717, 1.165) is 12.8 Å². The largest absolute Gasteiger partial charge is 0.476 e. The third-order valence-electron chi connectivity index (χ3n) is 4.37. The van der Waals surface area contributed by atoms with Crippen LogP contribution in [0, 0.1) is 0 Å². The van der Waals surface area contributed by atoms with E-state index in [-0.39, 0.29) is 12.5 Å². The van der Waals surface area contributed by atoms with Crippen molar-refractivity contribution in [3.05, 3.63) is 23.2 Å². The smallest absolute Gasteiger partial charge is 0.232 e. The molecule has 2 N–H and O–H groups in total. The molecule has 7 heteroatoms. The summed E-state index contributed by atoms with van der Waals surface area (Å²) in [7, 11) is -1.70. The molecule has 0 aliphatic carbocycles. The molecule has 27 heavy (non-hydrogen) atoms. The first kappa shape index (κ1) is 24.1. The minimum Gasteiger partial charge on any atom is -0.476 e. The number of para-hydroxylation sites is 1. The molecule has 0 saturated heterocycles. The third-order valence-corrected chi connectivity index (χ3v) is 6.03. The van der Waals surface area contributed by atoms with Gasteiger partial charge in [0, 0.05) is 0 Å². The van der Waals surface area contributed by atoms with E-state index in [1.807, 2.05) is 0 Å². The number of hydrogen-bond acceptors (Lipinski definition) is 4. The Hall–Kier alpha value is -0.980. The van der Waals surface area contributed by atoms with Crippen molar-refractivity contribution < 1.29 is 13.2 Å². The topological polar surface area (TPSA) is 67.4 Å². The molecule has 0 aliphatic rings. The van der Waals surface area contributed by atoms with E-state index in [4.69, 9.17) is 16.3 Å². The zero-order chi connectivity index (χ0) is 20.0. The zero-order valence-electron chi connectivity index (χ0n) is 16.7. The first-order valence-electron chi connectivity index (χ1n) is 10.1. The normalized spacial score (nSPS) is 11.5. The monoisotopic (exact) mass is 418 g/mol. The van der Waals surface area contributed by atoms with Gasteiger partial charge in [0.2, 0.25) is 10.0 Å². The molecule has 1 rings (SSSR count). The second kappa shape index (κ2) is 14.1. The number of nitrogens with one attached hydrogen (secondary N) is 2. The average Bonchev–Trinajstić information content (AvgIpc) is 2.63. The van der Waals surface area contributed by atoms with Crippen LogP contribution in [-0.2, 0) is 10.0 Å². The Balaban J connectivity index is 2.32. The average molecular weight is 419 g/mol. The maximum absolute atomic E-state index is 12.4. The van der Waals surface area contributed by atoms with Gasteiger partial charge in [0.15, 0.2) is 0 Å². The molecular weight excluding hydrogens is 384 g/mol. The van der Waals surface area contributed by atoms with E-state index < -0.39 is 10.0 Å². The Morgan fingerprint density at radius 3 is 2.15 bits per heavy atom. The molecule has 0 unspecified atom stereocenters. The molecule has 0 atom stereocenters. The molecule has 0 saturated carbocycles. The van der Waals surface area contributed by atoms with Gasteiger partial charge in [-0.1, -0.05) is 82.4 Å². The molecule has 1 aromatic rings. The highest BCUT2D eigenvalue weighted by Gasteiger charge is 2.16. The summed E-state index contributed by atoms with van der Waals surface area (Å²) >= 11 is 6.15. The van der Waals surface area contributed by atoms with Gasteiger partial charge in [-0.25, -0.2) is 8.42 Å². The zero-order valence-corrected chi connectivity index (χ0v) is 18.3. The first-order valence-corrected chi connectivity index (χ1v) is 12.1. The number of unbranched alkanes of at least 4 members (excludes halogenated alkanes) is 9. The van der Waals surface area contributed by atoms with Gasteiger partial charge in [-0.15, -0.1) is 0 Å². The molecule has 0 radical (unpaired) electrons. The van der Waals surface area contributed by atoms with Crippen molar-refractivity contribution >= 4 is 27.3 Å². The molecule has 0 fully saturated rings. The van der Waals surface area contributed by atoms with Crippen molar-refractivity contribution in [2.75, 3.05) is 24.3 Å². The second-order valence-corrected chi connectivity index (χ2v) is 9.11. The summed E-state index contributed by atoms with van der Waals surface area (Å²) in [5.41, 5.74) is 0.307. The van der Waals surface area contributed by atoms with E-state index >= 15 is 0 Å². The number of rotatable bonds is 16. The predicted molar refractivity (Wildman–Crippen MR) is 115 cm³/mol. The lowest BCUT2D eigenvalue weighted by Crippen LogP contribution is -2.19. The molecule has 0 aliphatic heterocycles. The number of hydrogen-bond donors (Lipinski definition) is 2. The molecule has 5 nitrogen and oxygen atoms in total. The molecule has 0 spiro atoms. The van der Waals surface area contributed by atoms with Gasteiger partial charge in [0.25, 0.3) is 0 Å². The Morgan fingerprint density at radius 1 is 0.963 bits per heavy atom. The first-order chi connectivity index (χ1) is 13.0. The summed E-state index contributed by atoms with van der Waals surface area (Å²) in [6.45, 7) is 2.50. The number of halogens is 1. The molecule has 0 aromatic heterocycles. The summed E-state index contributed by atoms with van der Waals surface area (Å²) in [5, 5.41) is 3.18. The van der Waals surface area contributed by atoms with E-state index in [2.05, 4.69) is 17.0 Å². The Bertz CT molecular complexity index is 624. The van der Waals surface area contributed by atoms with Crippen LogP contribution < -0.4 is 14.8 Å². The molecule has 0 heterocycles. The fraction of sp³-hybridized carbons (Fsp3) is 0.700. The van der Waals surface area contributed by atoms with E-state index in [0.29, 0.717) is 22.9 Å². The van der Waals surface area contributed by atoms with Gasteiger partial charge < -0.3 is 4.74 Å². The fourth-order valence-electron chi connectivity index (χ4n) is 2.86. The van der Waals surface area contributed by atoms with Crippen molar-refractivity contribution in [1.29, 1.82) is 0 Å². The predicted octanol–water partition coefficient (Wildman–Crippen LogP) is 5.56. The summed E-state index contributed by atoms with van der Waals surface area (Å²) < 4.78 is 32.8. The lowest BCUT2D eigenvalue weighted by molar-refractivity contribution is 0.297. The van der Waals surface area contributed by atoms with E-state index in [1.165, 1.54) is 44.9 Å². The van der Waals surface area contributed by atoms with Gasteiger partial charge in [0.1, 0.15) is 18.2 Å². The second-order valence-electron chi connectivity index (χ2n) is 6.86. The van der Waals surface area contributed by atoms with Gasteiger partial charge >= 0.3 is 0 Å². The minimum absolute atomic E-state index is 0.0974. The minimum atomic E-state index is -3.45. The maximum Gasteiger partial charge on any atom is 0.232 e. The quantitative estimate of drug-likeness (QED) is 0.272. The van der Waals surface area contributed by atoms with Crippen molar-refractivity contribution in [3.8, 4) is 5.75 Å².